The fourth-order valence-corrected chi connectivity index (χ4v) is 3.44. The Morgan fingerprint density at radius 2 is 1.85 bits per heavy atom. The molecule has 20 heavy (non-hydrogen) atoms. The third-order valence-electron chi connectivity index (χ3n) is 3.26. The average Bonchev–Trinajstić information content (AvgIpc) is 2.61. The number of amides is 1. The number of likely N-dealkylation sites (N-methyl/N-ethyl adjacent to an activating group) is 1. The molecule has 0 bridgehead atoms. The zero-order valence-electron chi connectivity index (χ0n) is 11.1. The minimum atomic E-state index is -3.69. The van der Waals surface area contributed by atoms with Crippen LogP contribution in [-0.2, 0) is 14.8 Å². The summed E-state index contributed by atoms with van der Waals surface area (Å²) >= 11 is 0. The first kappa shape index (κ1) is 14.5. The molecule has 0 spiro atoms. The Kier molecular flexibility index (Phi) is 4.06. The van der Waals surface area contributed by atoms with E-state index in [1.165, 1.54) is 33.5 Å². The largest absolute Gasteiger partial charge is 0.345 e. The van der Waals surface area contributed by atoms with Crippen LogP contribution in [0.4, 0.5) is 0 Å². The van der Waals surface area contributed by atoms with Crippen LogP contribution in [0, 0.1) is 11.3 Å². The molecule has 1 aliphatic heterocycles. The lowest BCUT2D eigenvalue weighted by Gasteiger charge is -2.19. The third-order valence-corrected chi connectivity index (χ3v) is 5.12. The molecule has 2 rings (SSSR count). The summed E-state index contributed by atoms with van der Waals surface area (Å²) in [5.74, 6) is -0.209. The summed E-state index contributed by atoms with van der Waals surface area (Å²) in [4.78, 5) is 13.4. The Morgan fingerprint density at radius 1 is 1.20 bits per heavy atom. The number of carbonyl (C=O) groups is 1. The second-order valence-electron chi connectivity index (χ2n) is 4.64. The molecular weight excluding hydrogens is 278 g/mol. The van der Waals surface area contributed by atoms with E-state index in [9.17, 15) is 13.2 Å². The van der Waals surface area contributed by atoms with Gasteiger partial charge < -0.3 is 4.90 Å². The van der Waals surface area contributed by atoms with Crippen LogP contribution < -0.4 is 0 Å². The number of sulfonamides is 1. The van der Waals surface area contributed by atoms with Gasteiger partial charge in [0.25, 0.3) is 0 Å². The second-order valence-corrected chi connectivity index (χ2v) is 6.58. The number of rotatable bonds is 2. The lowest BCUT2D eigenvalue weighted by molar-refractivity contribution is -0.129. The molecular formula is C13H15N3O3S. The van der Waals surface area contributed by atoms with E-state index in [2.05, 4.69) is 0 Å². The smallest absolute Gasteiger partial charge is 0.243 e. The zero-order valence-corrected chi connectivity index (χ0v) is 11.9. The Bertz CT molecular complexity index is 646. The predicted molar refractivity (Wildman–Crippen MR) is 72.2 cm³/mol. The number of carbonyl (C=O) groups excluding carboxylic acids is 1. The van der Waals surface area contributed by atoms with Gasteiger partial charge >= 0.3 is 0 Å². The van der Waals surface area contributed by atoms with Crippen LogP contribution in [0.2, 0.25) is 0 Å². The molecule has 0 aliphatic carbocycles. The van der Waals surface area contributed by atoms with Gasteiger partial charge in [0.15, 0.2) is 0 Å². The Labute approximate surface area is 118 Å². The van der Waals surface area contributed by atoms with Gasteiger partial charge in [0.2, 0.25) is 15.9 Å². The molecule has 0 saturated carbocycles. The van der Waals surface area contributed by atoms with Gasteiger partial charge in [0, 0.05) is 20.1 Å². The van der Waals surface area contributed by atoms with Crippen LogP contribution in [0.1, 0.15) is 12.0 Å². The zero-order chi connectivity index (χ0) is 14.8. The van der Waals surface area contributed by atoms with Gasteiger partial charge in [-0.2, -0.15) is 9.57 Å². The summed E-state index contributed by atoms with van der Waals surface area (Å²) in [5, 5.41) is 8.72. The van der Waals surface area contributed by atoms with Crippen molar-refractivity contribution in [3.8, 4) is 6.07 Å². The number of hydrogen-bond acceptors (Lipinski definition) is 4. The first-order valence-electron chi connectivity index (χ1n) is 6.19. The summed E-state index contributed by atoms with van der Waals surface area (Å²) in [6.07, 6.45) is 0.609. The first-order chi connectivity index (χ1) is 9.45. The van der Waals surface area contributed by atoms with Gasteiger partial charge in [0.1, 0.15) is 0 Å². The fraction of sp³-hybridized carbons (Fsp3) is 0.385. The van der Waals surface area contributed by atoms with Crippen LogP contribution in [0.5, 0.6) is 0 Å². The van der Waals surface area contributed by atoms with Crippen molar-refractivity contribution in [2.45, 2.75) is 11.3 Å². The van der Waals surface area contributed by atoms with Crippen LogP contribution in [0.3, 0.4) is 0 Å². The van der Waals surface area contributed by atoms with Crippen molar-refractivity contribution >= 4 is 15.9 Å². The Balaban J connectivity index is 2.29. The van der Waals surface area contributed by atoms with Crippen LogP contribution in [-0.4, -0.2) is 50.2 Å². The first-order valence-corrected chi connectivity index (χ1v) is 7.63. The molecule has 0 unspecified atom stereocenters. The molecule has 1 aliphatic rings. The maximum absolute atomic E-state index is 12.5. The van der Waals surface area contributed by atoms with Crippen molar-refractivity contribution in [1.82, 2.24) is 9.21 Å². The minimum Gasteiger partial charge on any atom is -0.345 e. The van der Waals surface area contributed by atoms with Gasteiger partial charge in [-0.05, 0) is 30.7 Å². The molecule has 6 nitrogen and oxygen atoms in total. The Morgan fingerprint density at radius 3 is 2.45 bits per heavy atom. The lowest BCUT2D eigenvalue weighted by Crippen LogP contribution is -2.37. The highest BCUT2D eigenvalue weighted by Gasteiger charge is 2.29. The standard InChI is InChI=1S/C13H15N3O3S/c1-15-7-2-8-16(10-13(15)17)20(18,19)12-5-3-11(9-14)4-6-12/h3-6H,2,7-8,10H2,1H3. The molecule has 1 amide bonds. The molecule has 7 heteroatoms. The van der Waals surface area contributed by atoms with Crippen molar-refractivity contribution in [1.29, 1.82) is 5.26 Å². The summed E-state index contributed by atoms with van der Waals surface area (Å²) in [6.45, 7) is 0.732. The van der Waals surface area contributed by atoms with Crippen LogP contribution >= 0.6 is 0 Å². The number of nitriles is 1. The molecule has 0 N–H and O–H groups in total. The lowest BCUT2D eigenvalue weighted by atomic mass is 10.2. The van der Waals surface area contributed by atoms with E-state index >= 15 is 0 Å². The quantitative estimate of drug-likeness (QED) is 0.791. The topological polar surface area (TPSA) is 81.5 Å². The van der Waals surface area contributed by atoms with E-state index in [0.29, 0.717) is 25.1 Å². The Hall–Kier alpha value is -1.91. The average molecular weight is 293 g/mol. The summed E-state index contributed by atoms with van der Waals surface area (Å²) in [7, 11) is -2.02. The van der Waals surface area contributed by atoms with Crippen molar-refractivity contribution in [2.75, 3.05) is 26.7 Å². The highest BCUT2D eigenvalue weighted by molar-refractivity contribution is 7.89. The maximum Gasteiger partial charge on any atom is 0.243 e. The number of hydrogen-bond donors (Lipinski definition) is 0. The normalized spacial score (nSPS) is 17.6. The van der Waals surface area contributed by atoms with E-state index in [1.54, 1.807) is 7.05 Å². The van der Waals surface area contributed by atoms with Crippen molar-refractivity contribution in [2.24, 2.45) is 0 Å². The van der Waals surface area contributed by atoms with Crippen molar-refractivity contribution in [3.63, 3.8) is 0 Å². The van der Waals surface area contributed by atoms with Gasteiger partial charge in [-0.1, -0.05) is 0 Å². The molecule has 1 aromatic carbocycles. The van der Waals surface area contributed by atoms with Crippen LogP contribution in [0.25, 0.3) is 0 Å². The minimum absolute atomic E-state index is 0.105. The highest BCUT2D eigenvalue weighted by atomic mass is 32.2. The predicted octanol–water partition coefficient (Wildman–Crippen LogP) is 0.411. The second kappa shape index (κ2) is 5.61. The number of nitrogens with zero attached hydrogens (tertiary/aromatic N) is 3. The van der Waals surface area contributed by atoms with E-state index in [4.69, 9.17) is 5.26 Å². The van der Waals surface area contributed by atoms with Gasteiger partial charge in [-0.15, -0.1) is 0 Å². The van der Waals surface area contributed by atoms with Crippen molar-refractivity contribution in [3.05, 3.63) is 29.8 Å². The molecule has 106 valence electrons. The fourth-order valence-electron chi connectivity index (χ4n) is 2.02. The monoisotopic (exact) mass is 293 g/mol. The van der Waals surface area contributed by atoms with Gasteiger partial charge in [-0.3, -0.25) is 4.79 Å². The summed E-state index contributed by atoms with van der Waals surface area (Å²) in [5.41, 5.74) is 0.399. The summed E-state index contributed by atoms with van der Waals surface area (Å²) < 4.78 is 26.1. The number of benzene rings is 1. The molecule has 1 fully saturated rings. The molecule has 0 radical (unpaired) electrons. The molecule has 1 heterocycles. The van der Waals surface area contributed by atoms with E-state index in [0.717, 1.165) is 0 Å². The summed E-state index contributed by atoms with van der Waals surface area (Å²) in [6, 6.07) is 7.64. The maximum atomic E-state index is 12.5. The molecule has 1 saturated heterocycles. The van der Waals surface area contributed by atoms with E-state index in [-0.39, 0.29) is 17.3 Å². The van der Waals surface area contributed by atoms with Crippen molar-refractivity contribution < 1.29 is 13.2 Å². The van der Waals surface area contributed by atoms with Crippen LogP contribution in [0.15, 0.2) is 29.2 Å². The SMILES string of the molecule is CN1CCCN(S(=O)(=O)c2ccc(C#N)cc2)CC1=O. The third kappa shape index (κ3) is 2.81. The van der Waals surface area contributed by atoms with Gasteiger partial charge in [-0.25, -0.2) is 8.42 Å². The van der Waals surface area contributed by atoms with E-state index < -0.39 is 10.0 Å². The molecule has 0 atom stereocenters. The molecule has 1 aromatic rings. The highest BCUT2D eigenvalue weighted by Crippen LogP contribution is 2.18. The van der Waals surface area contributed by atoms with E-state index in [1.807, 2.05) is 6.07 Å². The molecule has 0 aromatic heterocycles. The van der Waals surface area contributed by atoms with Gasteiger partial charge in [0.05, 0.1) is 23.1 Å².